The first-order chi connectivity index (χ1) is 9.90. The Bertz CT molecular complexity index is 635. The quantitative estimate of drug-likeness (QED) is 0.746. The summed E-state index contributed by atoms with van der Waals surface area (Å²) < 4.78 is 24.2. The van der Waals surface area contributed by atoms with Crippen molar-refractivity contribution in [2.24, 2.45) is 0 Å². The molecule has 21 heavy (non-hydrogen) atoms. The highest BCUT2D eigenvalue weighted by Gasteiger charge is 2.18. The highest BCUT2D eigenvalue weighted by molar-refractivity contribution is 7.91. The second-order valence-corrected chi connectivity index (χ2v) is 6.70. The van der Waals surface area contributed by atoms with Crippen LogP contribution in [0.5, 0.6) is 0 Å². The van der Waals surface area contributed by atoms with E-state index in [1.165, 1.54) is 24.3 Å². The number of nitrogens with zero attached hydrogens (tertiary/aromatic N) is 1. The smallest absolute Gasteiger partial charge is 0.320 e. The van der Waals surface area contributed by atoms with Crippen molar-refractivity contribution in [3.63, 3.8) is 0 Å². The third-order valence-electron chi connectivity index (χ3n) is 2.96. The molecular weight excluding hydrogens is 292 g/mol. The number of carboxylic acids is 1. The first kappa shape index (κ1) is 17.1. The van der Waals surface area contributed by atoms with Crippen LogP contribution in [0.2, 0.25) is 0 Å². The van der Waals surface area contributed by atoms with Gasteiger partial charge < -0.3 is 10.4 Å². The van der Waals surface area contributed by atoms with Gasteiger partial charge in [-0.3, -0.25) is 4.79 Å². The molecule has 2 N–H and O–H groups in total. The van der Waals surface area contributed by atoms with Crippen LogP contribution in [0.4, 0.5) is 0 Å². The highest BCUT2D eigenvalue weighted by atomic mass is 32.2. The molecule has 0 heterocycles. The van der Waals surface area contributed by atoms with E-state index >= 15 is 0 Å². The third-order valence-corrected chi connectivity index (χ3v) is 4.67. The molecule has 1 rings (SSSR count). The predicted molar refractivity (Wildman–Crippen MR) is 77.5 cm³/mol. The molecule has 1 atom stereocenters. The van der Waals surface area contributed by atoms with Crippen LogP contribution in [0.1, 0.15) is 25.3 Å². The zero-order chi connectivity index (χ0) is 15.9. The molecule has 1 unspecified atom stereocenters. The normalized spacial score (nSPS) is 12.6. The number of carboxylic acid groups (broad SMARTS) is 1. The Kier molecular flexibility index (Phi) is 6.34. The molecule has 0 amide bonds. The largest absolute Gasteiger partial charge is 0.480 e. The van der Waals surface area contributed by atoms with Crippen molar-refractivity contribution in [3.8, 4) is 6.07 Å². The van der Waals surface area contributed by atoms with Gasteiger partial charge in [-0.25, -0.2) is 8.42 Å². The number of rotatable bonds is 8. The van der Waals surface area contributed by atoms with E-state index in [9.17, 15) is 13.2 Å². The van der Waals surface area contributed by atoms with Crippen molar-refractivity contribution in [2.45, 2.75) is 30.7 Å². The zero-order valence-electron chi connectivity index (χ0n) is 11.7. The number of sulfone groups is 1. The first-order valence-electron chi connectivity index (χ1n) is 6.60. The van der Waals surface area contributed by atoms with Gasteiger partial charge in [-0.05, 0) is 24.6 Å². The Morgan fingerprint density at radius 3 is 2.76 bits per heavy atom. The van der Waals surface area contributed by atoms with Gasteiger partial charge in [-0.15, -0.1) is 0 Å². The van der Waals surface area contributed by atoms with E-state index < -0.39 is 21.8 Å². The number of aliphatic carboxylic acids is 1. The fourth-order valence-corrected chi connectivity index (χ4v) is 3.06. The maximum Gasteiger partial charge on any atom is 0.320 e. The van der Waals surface area contributed by atoms with Crippen LogP contribution in [-0.4, -0.2) is 37.8 Å². The van der Waals surface area contributed by atoms with E-state index in [4.69, 9.17) is 10.4 Å². The Balaban J connectivity index is 2.69. The van der Waals surface area contributed by atoms with Gasteiger partial charge in [0.15, 0.2) is 9.84 Å². The molecule has 6 nitrogen and oxygen atoms in total. The minimum atomic E-state index is -3.54. The van der Waals surface area contributed by atoms with Gasteiger partial charge in [0.1, 0.15) is 6.04 Å². The molecule has 0 aliphatic heterocycles. The van der Waals surface area contributed by atoms with Crippen LogP contribution < -0.4 is 5.32 Å². The Labute approximate surface area is 124 Å². The van der Waals surface area contributed by atoms with E-state index in [2.05, 4.69) is 5.32 Å². The van der Waals surface area contributed by atoms with Gasteiger partial charge in [0.05, 0.1) is 22.3 Å². The molecule has 114 valence electrons. The second-order valence-electron chi connectivity index (χ2n) is 4.59. The molecule has 1 aromatic rings. The standard InChI is InChI=1S/C14H18N2O4S/c1-2-4-13(14(17)18)16-7-8-21(19,20)12-6-3-5-11(9-12)10-15/h3,5-6,9,13,16H,2,4,7-8H2,1H3,(H,17,18). The van der Waals surface area contributed by atoms with E-state index in [1.54, 1.807) is 0 Å². The second kappa shape index (κ2) is 7.76. The first-order valence-corrected chi connectivity index (χ1v) is 8.25. The fourth-order valence-electron chi connectivity index (χ4n) is 1.85. The summed E-state index contributed by atoms with van der Waals surface area (Å²) in [6, 6.07) is 6.93. The lowest BCUT2D eigenvalue weighted by Gasteiger charge is -2.13. The van der Waals surface area contributed by atoms with E-state index in [0.717, 1.165) is 0 Å². The summed E-state index contributed by atoms with van der Waals surface area (Å²) in [5, 5.41) is 20.5. The average Bonchev–Trinajstić information content (AvgIpc) is 2.46. The molecule has 0 radical (unpaired) electrons. The van der Waals surface area contributed by atoms with Crippen molar-refractivity contribution in [3.05, 3.63) is 29.8 Å². The summed E-state index contributed by atoms with van der Waals surface area (Å²) in [5.74, 6) is -1.20. The van der Waals surface area contributed by atoms with Gasteiger partial charge in [-0.1, -0.05) is 19.4 Å². The van der Waals surface area contributed by atoms with Gasteiger partial charge in [0.25, 0.3) is 0 Å². The summed E-state index contributed by atoms with van der Waals surface area (Å²) in [7, 11) is -3.54. The molecule has 0 saturated heterocycles. The van der Waals surface area contributed by atoms with Crippen molar-refractivity contribution < 1.29 is 18.3 Å². The van der Waals surface area contributed by atoms with Crippen molar-refractivity contribution in [1.29, 1.82) is 5.26 Å². The molecule has 0 aromatic heterocycles. The predicted octanol–water partition coefficient (Wildman–Crippen LogP) is 1.17. The number of nitriles is 1. The summed E-state index contributed by atoms with van der Waals surface area (Å²) in [4.78, 5) is 11.0. The fraction of sp³-hybridized carbons (Fsp3) is 0.429. The maximum absolute atomic E-state index is 12.1. The van der Waals surface area contributed by atoms with Crippen LogP contribution >= 0.6 is 0 Å². The highest BCUT2D eigenvalue weighted by Crippen LogP contribution is 2.12. The molecule has 1 aromatic carbocycles. The molecule has 0 fully saturated rings. The lowest BCUT2D eigenvalue weighted by molar-refractivity contribution is -0.139. The topological polar surface area (TPSA) is 107 Å². The lowest BCUT2D eigenvalue weighted by Crippen LogP contribution is -2.39. The summed E-state index contributed by atoms with van der Waals surface area (Å²) in [5.41, 5.74) is 0.276. The molecule has 0 aliphatic rings. The van der Waals surface area contributed by atoms with E-state index in [1.807, 2.05) is 13.0 Å². The number of carbonyl (C=O) groups is 1. The minimum Gasteiger partial charge on any atom is -0.480 e. The van der Waals surface area contributed by atoms with Crippen LogP contribution in [0, 0.1) is 11.3 Å². The monoisotopic (exact) mass is 310 g/mol. The van der Waals surface area contributed by atoms with E-state index in [0.29, 0.717) is 12.8 Å². The molecule has 0 bridgehead atoms. The van der Waals surface area contributed by atoms with Crippen LogP contribution in [-0.2, 0) is 14.6 Å². The van der Waals surface area contributed by atoms with Crippen LogP contribution in [0.15, 0.2) is 29.2 Å². The Morgan fingerprint density at radius 1 is 1.48 bits per heavy atom. The van der Waals surface area contributed by atoms with Crippen molar-refractivity contribution >= 4 is 15.8 Å². The number of nitrogens with one attached hydrogen (secondary N) is 1. The van der Waals surface area contributed by atoms with Crippen LogP contribution in [0.25, 0.3) is 0 Å². The summed E-state index contributed by atoms with van der Waals surface area (Å²) in [6.07, 6.45) is 1.14. The molecule has 0 aliphatic carbocycles. The SMILES string of the molecule is CCCC(NCCS(=O)(=O)c1cccc(C#N)c1)C(=O)O. The van der Waals surface area contributed by atoms with Crippen molar-refractivity contribution in [1.82, 2.24) is 5.32 Å². The molecular formula is C14H18N2O4S. The lowest BCUT2D eigenvalue weighted by atomic mass is 10.2. The van der Waals surface area contributed by atoms with E-state index in [-0.39, 0.29) is 22.8 Å². The zero-order valence-corrected chi connectivity index (χ0v) is 12.6. The summed E-state index contributed by atoms with van der Waals surface area (Å²) >= 11 is 0. The molecule has 0 spiro atoms. The maximum atomic E-state index is 12.1. The van der Waals surface area contributed by atoms with Crippen LogP contribution in [0.3, 0.4) is 0 Å². The number of hydrogen-bond donors (Lipinski definition) is 2. The molecule has 0 saturated carbocycles. The molecule has 7 heteroatoms. The number of hydrogen-bond acceptors (Lipinski definition) is 5. The number of benzene rings is 1. The Hall–Kier alpha value is -1.91. The van der Waals surface area contributed by atoms with Gasteiger partial charge >= 0.3 is 5.97 Å². The summed E-state index contributed by atoms with van der Waals surface area (Å²) in [6.45, 7) is 1.91. The third kappa shape index (κ3) is 5.17. The van der Waals surface area contributed by atoms with Gasteiger partial charge in [0.2, 0.25) is 0 Å². The van der Waals surface area contributed by atoms with Gasteiger partial charge in [0, 0.05) is 6.54 Å². The van der Waals surface area contributed by atoms with Crippen molar-refractivity contribution in [2.75, 3.05) is 12.3 Å². The average molecular weight is 310 g/mol. The Morgan fingerprint density at radius 2 is 2.19 bits per heavy atom. The van der Waals surface area contributed by atoms with Gasteiger partial charge in [-0.2, -0.15) is 5.26 Å². The minimum absolute atomic E-state index is 0.0517.